The van der Waals surface area contributed by atoms with Gasteiger partial charge in [-0.05, 0) is 46.2 Å². The fourth-order valence-corrected chi connectivity index (χ4v) is 5.05. The van der Waals surface area contributed by atoms with Gasteiger partial charge in [-0.2, -0.15) is 0 Å². The number of Topliss-reactive ketones (excluding diaryl/α,β-unsaturated/α-hetero) is 1. The van der Waals surface area contributed by atoms with Gasteiger partial charge in [-0.1, -0.05) is 84.9 Å². The third kappa shape index (κ3) is 4.68. The van der Waals surface area contributed by atoms with E-state index in [0.717, 1.165) is 16.3 Å². The molecule has 2 heterocycles. The van der Waals surface area contributed by atoms with E-state index in [1.807, 2.05) is 91.0 Å². The van der Waals surface area contributed by atoms with Crippen LogP contribution in [0.4, 0.5) is 0 Å². The minimum atomic E-state index is -0.839. The smallest absolute Gasteiger partial charge is 0.296 e. The largest absolute Gasteiger partial charge is 0.507 e. The van der Waals surface area contributed by atoms with E-state index in [-0.39, 0.29) is 17.9 Å². The summed E-state index contributed by atoms with van der Waals surface area (Å²) in [7, 11) is 0. The van der Waals surface area contributed by atoms with Crippen molar-refractivity contribution < 1.29 is 23.8 Å². The first kappa shape index (κ1) is 24.2. The Bertz CT molecular complexity index is 1680. The van der Waals surface area contributed by atoms with Crippen molar-refractivity contribution in [3.63, 3.8) is 0 Å². The first-order chi connectivity index (χ1) is 19.1. The van der Waals surface area contributed by atoms with Gasteiger partial charge in [-0.25, -0.2) is 0 Å². The number of nitrogens with zero attached hydrogens (tertiary/aromatic N) is 1. The van der Waals surface area contributed by atoms with Gasteiger partial charge in [0.15, 0.2) is 0 Å². The van der Waals surface area contributed by atoms with Crippen LogP contribution in [0.2, 0.25) is 0 Å². The number of hydrogen-bond acceptors (Lipinski definition) is 5. The van der Waals surface area contributed by atoms with Crippen LogP contribution in [0.15, 0.2) is 125 Å². The molecule has 1 unspecified atom stereocenters. The molecule has 1 aromatic heterocycles. The minimum absolute atomic E-state index is 0.0307. The van der Waals surface area contributed by atoms with Gasteiger partial charge < -0.3 is 19.2 Å². The highest BCUT2D eigenvalue weighted by Gasteiger charge is 2.46. The number of fused-ring (bicyclic) bond motifs is 1. The molecular formula is C33H25NO5. The molecule has 6 rings (SSSR count). The number of rotatable bonds is 7. The molecule has 0 radical (unpaired) electrons. The van der Waals surface area contributed by atoms with Crippen LogP contribution in [0.3, 0.4) is 0 Å². The number of hydrogen-bond donors (Lipinski definition) is 1. The molecule has 1 aliphatic rings. The standard InChI is InChI=1S/C33H25NO5/c35-31(28-17-7-12-23-11-4-5-16-27(23)28)29-30(34(33(37)32(29)36)20-26-15-8-18-38-26)24-13-6-14-25(19-24)39-21-22-9-2-1-3-10-22/h1-19,30,35H,20-21H2/b31-29-. The zero-order valence-electron chi connectivity index (χ0n) is 21.0. The lowest BCUT2D eigenvalue weighted by Crippen LogP contribution is -2.29. The summed E-state index contributed by atoms with van der Waals surface area (Å²) in [4.78, 5) is 28.3. The van der Waals surface area contributed by atoms with E-state index in [0.29, 0.717) is 29.2 Å². The van der Waals surface area contributed by atoms with E-state index in [4.69, 9.17) is 9.15 Å². The second-order valence-electron chi connectivity index (χ2n) is 9.38. The Morgan fingerprint density at radius 2 is 1.62 bits per heavy atom. The van der Waals surface area contributed by atoms with Crippen molar-refractivity contribution >= 4 is 28.2 Å². The van der Waals surface area contributed by atoms with Crippen LogP contribution in [-0.2, 0) is 22.7 Å². The summed E-state index contributed by atoms with van der Waals surface area (Å²) in [5.74, 6) is -0.539. The van der Waals surface area contributed by atoms with E-state index in [9.17, 15) is 14.7 Å². The van der Waals surface area contributed by atoms with Crippen molar-refractivity contribution in [3.8, 4) is 5.75 Å². The lowest BCUT2D eigenvalue weighted by molar-refractivity contribution is -0.140. The summed E-state index contributed by atoms with van der Waals surface area (Å²) in [6.07, 6.45) is 1.52. The van der Waals surface area contributed by atoms with E-state index < -0.39 is 17.7 Å². The average Bonchev–Trinajstić information content (AvgIpc) is 3.58. The van der Waals surface area contributed by atoms with Gasteiger partial charge in [0, 0.05) is 5.56 Å². The number of aliphatic hydroxyl groups excluding tert-OH is 1. The van der Waals surface area contributed by atoms with Gasteiger partial charge in [-0.15, -0.1) is 0 Å². The van der Waals surface area contributed by atoms with Crippen LogP contribution in [0.1, 0.15) is 28.5 Å². The number of aliphatic hydroxyl groups is 1. The Morgan fingerprint density at radius 1 is 0.846 bits per heavy atom. The number of furan rings is 1. The molecule has 6 nitrogen and oxygen atoms in total. The zero-order valence-corrected chi connectivity index (χ0v) is 21.0. The van der Waals surface area contributed by atoms with Crippen LogP contribution in [0.5, 0.6) is 5.75 Å². The van der Waals surface area contributed by atoms with Crippen molar-refractivity contribution in [2.24, 2.45) is 0 Å². The number of ketones is 1. The Labute approximate surface area is 225 Å². The number of likely N-dealkylation sites (tertiary alicyclic amines) is 1. The van der Waals surface area contributed by atoms with E-state index in [1.165, 1.54) is 11.2 Å². The Hall–Kier alpha value is -5.10. The summed E-state index contributed by atoms with van der Waals surface area (Å²) in [5.41, 5.74) is 2.18. The van der Waals surface area contributed by atoms with E-state index >= 15 is 0 Å². The second kappa shape index (κ2) is 10.3. The summed E-state index contributed by atoms with van der Waals surface area (Å²) >= 11 is 0. The van der Waals surface area contributed by atoms with Gasteiger partial charge >= 0.3 is 0 Å². The predicted octanol–water partition coefficient (Wildman–Crippen LogP) is 6.63. The zero-order chi connectivity index (χ0) is 26.8. The molecule has 1 aliphatic heterocycles. The predicted molar refractivity (Wildman–Crippen MR) is 148 cm³/mol. The molecular weight excluding hydrogens is 490 g/mol. The highest BCUT2D eigenvalue weighted by atomic mass is 16.5. The normalized spacial score (nSPS) is 16.6. The number of benzene rings is 4. The SMILES string of the molecule is O=C1C(=O)N(Cc2ccco2)C(c2cccc(OCc3ccccc3)c2)/C1=C(/O)c1cccc2ccccc12. The number of ether oxygens (including phenoxy) is 1. The Morgan fingerprint density at radius 3 is 2.44 bits per heavy atom. The molecule has 5 aromatic rings. The summed E-state index contributed by atoms with van der Waals surface area (Å²) in [5, 5.41) is 13.3. The second-order valence-corrected chi connectivity index (χ2v) is 9.38. The molecule has 0 spiro atoms. The molecule has 0 bridgehead atoms. The summed E-state index contributed by atoms with van der Waals surface area (Å²) in [6, 6.07) is 32.9. The van der Waals surface area contributed by atoms with Crippen LogP contribution < -0.4 is 4.74 Å². The van der Waals surface area contributed by atoms with Crippen molar-refractivity contribution in [1.82, 2.24) is 4.90 Å². The maximum atomic E-state index is 13.5. The number of carbonyl (C=O) groups is 2. The van der Waals surface area contributed by atoms with Gasteiger partial charge in [0.05, 0.1) is 24.4 Å². The molecule has 0 aliphatic carbocycles. The number of carbonyl (C=O) groups excluding carboxylic acids is 2. The molecule has 1 fully saturated rings. The maximum absolute atomic E-state index is 13.5. The van der Waals surface area contributed by atoms with Gasteiger partial charge in [-0.3, -0.25) is 9.59 Å². The van der Waals surface area contributed by atoms with Crippen LogP contribution >= 0.6 is 0 Å². The summed E-state index contributed by atoms with van der Waals surface area (Å²) < 4.78 is 11.5. The van der Waals surface area contributed by atoms with Crippen molar-refractivity contribution in [3.05, 3.63) is 143 Å². The Balaban J connectivity index is 1.45. The van der Waals surface area contributed by atoms with Crippen molar-refractivity contribution in [2.45, 2.75) is 19.2 Å². The molecule has 6 heteroatoms. The molecule has 1 amide bonds. The van der Waals surface area contributed by atoms with Crippen LogP contribution in [0, 0.1) is 0 Å². The molecule has 39 heavy (non-hydrogen) atoms. The fraction of sp³-hybridized carbons (Fsp3) is 0.0909. The first-order valence-electron chi connectivity index (χ1n) is 12.7. The van der Waals surface area contributed by atoms with E-state index in [2.05, 4.69) is 0 Å². The average molecular weight is 516 g/mol. The van der Waals surface area contributed by atoms with Crippen molar-refractivity contribution in [1.29, 1.82) is 0 Å². The monoisotopic (exact) mass is 515 g/mol. The lowest BCUT2D eigenvalue weighted by atomic mass is 9.93. The molecule has 1 saturated heterocycles. The van der Waals surface area contributed by atoms with Crippen LogP contribution in [-0.4, -0.2) is 21.7 Å². The van der Waals surface area contributed by atoms with Gasteiger partial charge in [0.25, 0.3) is 11.7 Å². The van der Waals surface area contributed by atoms with Crippen LogP contribution in [0.25, 0.3) is 16.5 Å². The highest BCUT2D eigenvalue weighted by Crippen LogP contribution is 2.42. The maximum Gasteiger partial charge on any atom is 0.296 e. The van der Waals surface area contributed by atoms with E-state index in [1.54, 1.807) is 18.2 Å². The molecule has 1 N–H and O–H groups in total. The number of amides is 1. The Kier molecular flexibility index (Phi) is 6.43. The third-order valence-electron chi connectivity index (χ3n) is 6.91. The third-order valence-corrected chi connectivity index (χ3v) is 6.91. The molecule has 4 aromatic carbocycles. The molecule has 0 saturated carbocycles. The quantitative estimate of drug-likeness (QED) is 0.149. The van der Waals surface area contributed by atoms with Crippen molar-refractivity contribution in [2.75, 3.05) is 0 Å². The minimum Gasteiger partial charge on any atom is -0.507 e. The topological polar surface area (TPSA) is 80.0 Å². The van der Waals surface area contributed by atoms with Gasteiger partial charge in [0.1, 0.15) is 23.9 Å². The molecule has 1 atom stereocenters. The first-order valence-corrected chi connectivity index (χ1v) is 12.7. The van der Waals surface area contributed by atoms with Gasteiger partial charge in [0.2, 0.25) is 0 Å². The fourth-order valence-electron chi connectivity index (χ4n) is 5.05. The lowest BCUT2D eigenvalue weighted by Gasteiger charge is -2.25. The highest BCUT2D eigenvalue weighted by molar-refractivity contribution is 6.46. The molecule has 192 valence electrons. The summed E-state index contributed by atoms with van der Waals surface area (Å²) in [6.45, 7) is 0.441.